The van der Waals surface area contributed by atoms with Crippen molar-refractivity contribution in [2.45, 2.75) is 57.1 Å². The number of anilines is 1. The van der Waals surface area contributed by atoms with Crippen molar-refractivity contribution in [2.75, 3.05) is 10.8 Å². The first kappa shape index (κ1) is 34.0. The predicted octanol–water partition coefficient (Wildman–Crippen LogP) is 7.05. The van der Waals surface area contributed by atoms with Gasteiger partial charge < -0.3 is 10.2 Å². The Morgan fingerprint density at radius 3 is 2.07 bits per heavy atom. The van der Waals surface area contributed by atoms with Gasteiger partial charge in [0.05, 0.1) is 20.6 Å². The van der Waals surface area contributed by atoms with Gasteiger partial charge in [0.15, 0.2) is 0 Å². The lowest BCUT2D eigenvalue weighted by molar-refractivity contribution is -0.140. The summed E-state index contributed by atoms with van der Waals surface area (Å²) < 4.78 is 29.2. The minimum Gasteiger partial charge on any atom is -0.352 e. The van der Waals surface area contributed by atoms with Crippen molar-refractivity contribution >= 4 is 50.7 Å². The van der Waals surface area contributed by atoms with Crippen LogP contribution in [0.2, 0.25) is 10.0 Å². The number of carbonyl (C=O) groups excluding carboxylic acids is 2. The monoisotopic (exact) mass is 665 g/mol. The molecule has 0 fully saturated rings. The third-order valence-electron chi connectivity index (χ3n) is 7.56. The molecule has 4 rings (SSSR count). The second kappa shape index (κ2) is 15.4. The Labute approximate surface area is 275 Å². The van der Waals surface area contributed by atoms with E-state index < -0.39 is 28.5 Å². The molecular weight excluding hydrogens is 629 g/mol. The zero-order valence-electron chi connectivity index (χ0n) is 25.5. The van der Waals surface area contributed by atoms with Crippen LogP contribution >= 0.6 is 23.2 Å². The molecular formula is C35H37Cl2N3O4S. The fraction of sp³-hybridized carbons (Fsp3) is 0.257. The molecule has 0 aliphatic carbocycles. The molecule has 0 aromatic heterocycles. The SMILES string of the molecule is CCC(C)NC(=O)C(Cc1ccccc1)N(Cc1ccc(C)cc1)C(=O)CN(c1cccc(Cl)c1Cl)S(=O)(=O)c1ccccc1. The van der Waals surface area contributed by atoms with E-state index in [0.717, 1.165) is 21.0 Å². The van der Waals surface area contributed by atoms with Crippen LogP contribution in [0.15, 0.2) is 108 Å². The molecule has 2 unspecified atom stereocenters. The standard InChI is InChI=1S/C35H37Cl2N3O4S/c1-4-26(3)38-35(42)32(22-27-12-7-5-8-13-27)39(23-28-20-18-25(2)19-21-28)33(41)24-40(31-17-11-16-30(36)34(31)37)45(43,44)29-14-9-6-10-15-29/h5-21,26,32H,4,22-24H2,1-3H3,(H,38,42). The molecule has 4 aromatic rings. The summed E-state index contributed by atoms with van der Waals surface area (Å²) in [4.78, 5) is 29.9. The van der Waals surface area contributed by atoms with Crippen LogP contribution in [0.4, 0.5) is 5.69 Å². The molecule has 45 heavy (non-hydrogen) atoms. The van der Waals surface area contributed by atoms with E-state index in [0.29, 0.717) is 6.42 Å². The summed E-state index contributed by atoms with van der Waals surface area (Å²) in [6.07, 6.45) is 0.927. The third-order valence-corrected chi connectivity index (χ3v) is 10.1. The first-order valence-electron chi connectivity index (χ1n) is 14.7. The van der Waals surface area contributed by atoms with E-state index in [2.05, 4.69) is 5.32 Å². The van der Waals surface area contributed by atoms with Crippen molar-refractivity contribution in [1.29, 1.82) is 0 Å². The van der Waals surface area contributed by atoms with Crippen LogP contribution in [-0.4, -0.2) is 43.8 Å². The van der Waals surface area contributed by atoms with Crippen molar-refractivity contribution in [2.24, 2.45) is 0 Å². The number of aryl methyl sites for hydroxylation is 1. The molecule has 1 N–H and O–H groups in total. The zero-order valence-corrected chi connectivity index (χ0v) is 27.8. The maximum Gasteiger partial charge on any atom is 0.264 e. The summed E-state index contributed by atoms with van der Waals surface area (Å²) in [7, 11) is -4.29. The van der Waals surface area contributed by atoms with Crippen molar-refractivity contribution in [3.05, 3.63) is 130 Å². The largest absolute Gasteiger partial charge is 0.352 e. The molecule has 0 radical (unpaired) electrons. The number of amides is 2. The lowest BCUT2D eigenvalue weighted by Crippen LogP contribution is -2.54. The summed E-state index contributed by atoms with van der Waals surface area (Å²) in [6, 6.07) is 28.4. The van der Waals surface area contributed by atoms with Crippen molar-refractivity contribution in [3.63, 3.8) is 0 Å². The van der Waals surface area contributed by atoms with E-state index in [1.165, 1.54) is 23.1 Å². The molecule has 0 bridgehead atoms. The van der Waals surface area contributed by atoms with Crippen LogP contribution in [0.1, 0.15) is 37.0 Å². The summed E-state index contributed by atoms with van der Waals surface area (Å²) in [5.74, 6) is -0.904. The van der Waals surface area contributed by atoms with E-state index in [9.17, 15) is 18.0 Å². The van der Waals surface area contributed by atoms with E-state index in [4.69, 9.17) is 23.2 Å². The van der Waals surface area contributed by atoms with Gasteiger partial charge in [-0.25, -0.2) is 8.42 Å². The molecule has 2 atom stereocenters. The molecule has 0 heterocycles. The first-order chi connectivity index (χ1) is 21.5. The number of rotatable bonds is 13. The molecule has 0 aliphatic rings. The van der Waals surface area contributed by atoms with E-state index in [1.54, 1.807) is 30.3 Å². The predicted molar refractivity (Wildman–Crippen MR) is 181 cm³/mol. The van der Waals surface area contributed by atoms with Gasteiger partial charge in [0.1, 0.15) is 12.6 Å². The van der Waals surface area contributed by atoms with E-state index in [-0.39, 0.29) is 45.5 Å². The summed E-state index contributed by atoms with van der Waals surface area (Å²) in [5, 5.41) is 3.17. The van der Waals surface area contributed by atoms with Gasteiger partial charge in [-0.15, -0.1) is 0 Å². The molecule has 10 heteroatoms. The highest BCUT2D eigenvalue weighted by Crippen LogP contribution is 2.35. The van der Waals surface area contributed by atoms with Gasteiger partial charge in [-0.1, -0.05) is 115 Å². The highest BCUT2D eigenvalue weighted by atomic mass is 35.5. The molecule has 4 aromatic carbocycles. The summed E-state index contributed by atoms with van der Waals surface area (Å²) in [5.41, 5.74) is 2.75. The van der Waals surface area contributed by atoms with Crippen LogP contribution < -0.4 is 9.62 Å². The molecule has 0 aliphatic heterocycles. The maximum atomic E-state index is 14.5. The quantitative estimate of drug-likeness (QED) is 0.166. The number of sulfonamides is 1. The zero-order chi connectivity index (χ0) is 32.6. The van der Waals surface area contributed by atoms with Crippen molar-refractivity contribution < 1.29 is 18.0 Å². The highest BCUT2D eigenvalue weighted by Gasteiger charge is 2.35. The molecule has 7 nitrogen and oxygen atoms in total. The average molecular weight is 667 g/mol. The van der Waals surface area contributed by atoms with Gasteiger partial charge in [-0.05, 0) is 55.7 Å². The second-order valence-electron chi connectivity index (χ2n) is 10.9. The highest BCUT2D eigenvalue weighted by molar-refractivity contribution is 7.92. The van der Waals surface area contributed by atoms with Gasteiger partial charge in [0.25, 0.3) is 10.0 Å². The minimum absolute atomic E-state index is 0.00749. The van der Waals surface area contributed by atoms with E-state index >= 15 is 0 Å². The fourth-order valence-electron chi connectivity index (χ4n) is 4.80. The van der Waals surface area contributed by atoms with Gasteiger partial charge in [0.2, 0.25) is 11.8 Å². The third kappa shape index (κ3) is 8.66. The molecule has 236 valence electrons. The number of nitrogens with zero attached hydrogens (tertiary/aromatic N) is 2. The normalized spacial score (nSPS) is 12.6. The number of hydrogen-bond donors (Lipinski definition) is 1. The Kier molecular flexibility index (Phi) is 11.7. The number of hydrogen-bond acceptors (Lipinski definition) is 4. The molecule has 0 saturated carbocycles. The number of carbonyl (C=O) groups is 2. The average Bonchev–Trinajstić information content (AvgIpc) is 3.04. The Bertz CT molecular complexity index is 1700. The number of halogens is 2. The van der Waals surface area contributed by atoms with Gasteiger partial charge in [0, 0.05) is 19.0 Å². The maximum absolute atomic E-state index is 14.5. The summed E-state index contributed by atoms with van der Waals surface area (Å²) in [6.45, 7) is 5.29. The van der Waals surface area contributed by atoms with Crippen molar-refractivity contribution in [1.82, 2.24) is 10.2 Å². The lowest BCUT2D eigenvalue weighted by Gasteiger charge is -2.34. The molecule has 2 amide bonds. The topological polar surface area (TPSA) is 86.8 Å². The molecule has 0 saturated heterocycles. The first-order valence-corrected chi connectivity index (χ1v) is 16.9. The summed E-state index contributed by atoms with van der Waals surface area (Å²) >= 11 is 12.9. The fourth-order valence-corrected chi connectivity index (χ4v) is 6.70. The lowest BCUT2D eigenvalue weighted by atomic mass is 10.0. The van der Waals surface area contributed by atoms with Crippen LogP contribution in [0, 0.1) is 6.92 Å². The van der Waals surface area contributed by atoms with Crippen LogP contribution in [-0.2, 0) is 32.6 Å². The van der Waals surface area contributed by atoms with Crippen LogP contribution in [0.25, 0.3) is 0 Å². The Hall–Kier alpha value is -3.85. The van der Waals surface area contributed by atoms with Crippen LogP contribution in [0.3, 0.4) is 0 Å². The Morgan fingerprint density at radius 2 is 1.44 bits per heavy atom. The second-order valence-corrected chi connectivity index (χ2v) is 13.6. The molecule has 0 spiro atoms. The Morgan fingerprint density at radius 1 is 0.822 bits per heavy atom. The smallest absolute Gasteiger partial charge is 0.264 e. The van der Waals surface area contributed by atoms with Gasteiger partial charge in [-0.2, -0.15) is 0 Å². The van der Waals surface area contributed by atoms with E-state index in [1.807, 2.05) is 75.4 Å². The van der Waals surface area contributed by atoms with Gasteiger partial charge >= 0.3 is 0 Å². The number of benzene rings is 4. The van der Waals surface area contributed by atoms with Crippen molar-refractivity contribution in [3.8, 4) is 0 Å². The Balaban J connectivity index is 1.83. The minimum atomic E-state index is -4.29. The number of nitrogens with one attached hydrogen (secondary N) is 1. The van der Waals surface area contributed by atoms with Crippen LogP contribution in [0.5, 0.6) is 0 Å². The van der Waals surface area contributed by atoms with Gasteiger partial charge in [-0.3, -0.25) is 13.9 Å².